The third kappa shape index (κ3) is 3.61. The van der Waals surface area contributed by atoms with Crippen molar-refractivity contribution in [1.82, 2.24) is 4.90 Å². The van der Waals surface area contributed by atoms with E-state index in [1.807, 2.05) is 48.5 Å². The third-order valence-corrected chi connectivity index (χ3v) is 3.47. The van der Waals surface area contributed by atoms with Crippen molar-refractivity contribution in [1.29, 1.82) is 0 Å². The predicted octanol–water partition coefficient (Wildman–Crippen LogP) is 3.73. The summed E-state index contributed by atoms with van der Waals surface area (Å²) in [6, 6.07) is 15.2. The van der Waals surface area contributed by atoms with Crippen molar-refractivity contribution in [3.05, 3.63) is 64.1 Å². The number of benzene rings is 2. The maximum Gasteiger partial charge on any atom is 0.253 e. The van der Waals surface area contributed by atoms with Gasteiger partial charge in [0.05, 0.1) is 4.47 Å². The standard InChI is InChI=1S/C16H16BrNO2/c1-18(2)16(19)13-7-5-6-12(10-13)11-20-15-9-4-3-8-14(15)17/h3-10H,11H2,1-2H3. The number of carbonyl (C=O) groups excluding carboxylic acids is 1. The highest BCUT2D eigenvalue weighted by molar-refractivity contribution is 9.10. The van der Waals surface area contributed by atoms with Gasteiger partial charge < -0.3 is 9.64 Å². The Morgan fingerprint density at radius 2 is 1.90 bits per heavy atom. The van der Waals surface area contributed by atoms with E-state index in [-0.39, 0.29) is 5.91 Å². The van der Waals surface area contributed by atoms with Crippen LogP contribution in [-0.4, -0.2) is 24.9 Å². The van der Waals surface area contributed by atoms with E-state index < -0.39 is 0 Å². The molecular weight excluding hydrogens is 318 g/mol. The molecule has 0 saturated heterocycles. The second-order valence-electron chi connectivity index (χ2n) is 4.62. The highest BCUT2D eigenvalue weighted by Gasteiger charge is 2.08. The maximum absolute atomic E-state index is 11.9. The fourth-order valence-corrected chi connectivity index (χ4v) is 2.17. The van der Waals surface area contributed by atoms with E-state index in [0.717, 1.165) is 15.8 Å². The Morgan fingerprint density at radius 3 is 2.60 bits per heavy atom. The van der Waals surface area contributed by atoms with Gasteiger partial charge in [-0.15, -0.1) is 0 Å². The molecule has 0 heterocycles. The zero-order valence-electron chi connectivity index (χ0n) is 11.5. The highest BCUT2D eigenvalue weighted by Crippen LogP contribution is 2.24. The molecule has 104 valence electrons. The summed E-state index contributed by atoms with van der Waals surface area (Å²) in [4.78, 5) is 13.5. The summed E-state index contributed by atoms with van der Waals surface area (Å²) in [5, 5.41) is 0. The lowest BCUT2D eigenvalue weighted by atomic mass is 10.1. The van der Waals surface area contributed by atoms with Gasteiger partial charge in [0.2, 0.25) is 0 Å². The van der Waals surface area contributed by atoms with Crippen molar-refractivity contribution in [3.63, 3.8) is 0 Å². The summed E-state index contributed by atoms with van der Waals surface area (Å²) in [5.74, 6) is 0.782. The van der Waals surface area contributed by atoms with E-state index in [0.29, 0.717) is 12.2 Å². The molecule has 2 aromatic carbocycles. The molecule has 0 radical (unpaired) electrons. The van der Waals surface area contributed by atoms with Crippen molar-refractivity contribution >= 4 is 21.8 Å². The van der Waals surface area contributed by atoms with Gasteiger partial charge in [-0.2, -0.15) is 0 Å². The van der Waals surface area contributed by atoms with E-state index in [1.165, 1.54) is 0 Å². The van der Waals surface area contributed by atoms with Crippen molar-refractivity contribution in [2.45, 2.75) is 6.61 Å². The second-order valence-corrected chi connectivity index (χ2v) is 5.47. The third-order valence-electron chi connectivity index (χ3n) is 2.81. The summed E-state index contributed by atoms with van der Waals surface area (Å²) < 4.78 is 6.66. The van der Waals surface area contributed by atoms with E-state index in [2.05, 4.69) is 15.9 Å². The number of rotatable bonds is 4. The Morgan fingerprint density at radius 1 is 1.15 bits per heavy atom. The number of hydrogen-bond acceptors (Lipinski definition) is 2. The molecule has 0 bridgehead atoms. The Hall–Kier alpha value is -1.81. The molecule has 0 aliphatic rings. The van der Waals surface area contributed by atoms with Crippen LogP contribution in [0.15, 0.2) is 53.0 Å². The minimum Gasteiger partial charge on any atom is -0.488 e. The quantitative estimate of drug-likeness (QED) is 0.853. The topological polar surface area (TPSA) is 29.5 Å². The van der Waals surface area contributed by atoms with Gasteiger partial charge in [-0.25, -0.2) is 0 Å². The Balaban J connectivity index is 2.09. The van der Waals surface area contributed by atoms with Crippen LogP contribution in [0.4, 0.5) is 0 Å². The summed E-state index contributed by atoms with van der Waals surface area (Å²) >= 11 is 3.44. The molecule has 4 heteroatoms. The van der Waals surface area contributed by atoms with Crippen LogP contribution < -0.4 is 4.74 Å². The fraction of sp³-hybridized carbons (Fsp3) is 0.188. The number of carbonyl (C=O) groups is 1. The molecule has 0 aliphatic heterocycles. The zero-order chi connectivity index (χ0) is 14.5. The molecule has 0 aromatic heterocycles. The molecule has 2 aromatic rings. The lowest BCUT2D eigenvalue weighted by molar-refractivity contribution is 0.0827. The monoisotopic (exact) mass is 333 g/mol. The van der Waals surface area contributed by atoms with Gasteiger partial charge in [0, 0.05) is 19.7 Å². The van der Waals surface area contributed by atoms with Gasteiger partial charge >= 0.3 is 0 Å². The number of ether oxygens (including phenoxy) is 1. The van der Waals surface area contributed by atoms with Crippen molar-refractivity contribution in [3.8, 4) is 5.75 Å². The lowest BCUT2D eigenvalue weighted by Crippen LogP contribution is -2.21. The smallest absolute Gasteiger partial charge is 0.253 e. The minimum atomic E-state index is -0.00672. The highest BCUT2D eigenvalue weighted by atomic mass is 79.9. The number of hydrogen-bond donors (Lipinski definition) is 0. The van der Waals surface area contributed by atoms with Gasteiger partial charge in [-0.1, -0.05) is 24.3 Å². The first-order valence-electron chi connectivity index (χ1n) is 6.26. The molecule has 0 aliphatic carbocycles. The van der Waals surface area contributed by atoms with Crippen LogP contribution in [0.5, 0.6) is 5.75 Å². The molecule has 0 spiro atoms. The Kier molecular flexibility index (Phi) is 4.79. The van der Waals surface area contributed by atoms with E-state index in [1.54, 1.807) is 19.0 Å². The Bertz CT molecular complexity index is 611. The zero-order valence-corrected chi connectivity index (χ0v) is 13.1. The molecule has 0 unspecified atom stereocenters. The van der Waals surface area contributed by atoms with Crippen LogP contribution in [0.3, 0.4) is 0 Å². The number of halogens is 1. The molecule has 2 rings (SSSR count). The molecule has 1 amide bonds. The first kappa shape index (κ1) is 14.6. The Labute approximate surface area is 127 Å². The molecule has 0 saturated carbocycles. The van der Waals surface area contributed by atoms with Crippen LogP contribution in [0, 0.1) is 0 Å². The van der Waals surface area contributed by atoms with E-state index in [4.69, 9.17) is 4.74 Å². The summed E-state index contributed by atoms with van der Waals surface area (Å²) in [7, 11) is 3.49. The minimum absolute atomic E-state index is 0.00672. The van der Waals surface area contributed by atoms with Crippen LogP contribution in [-0.2, 0) is 6.61 Å². The SMILES string of the molecule is CN(C)C(=O)c1cccc(COc2ccccc2Br)c1. The molecule has 0 atom stereocenters. The van der Waals surface area contributed by atoms with Crippen LogP contribution >= 0.6 is 15.9 Å². The van der Waals surface area contributed by atoms with Crippen molar-refractivity contribution in [2.24, 2.45) is 0 Å². The van der Waals surface area contributed by atoms with Crippen LogP contribution in [0.25, 0.3) is 0 Å². The van der Waals surface area contributed by atoms with Crippen molar-refractivity contribution < 1.29 is 9.53 Å². The van der Waals surface area contributed by atoms with Gasteiger partial charge in [-0.05, 0) is 45.8 Å². The van der Waals surface area contributed by atoms with Gasteiger partial charge in [0.15, 0.2) is 0 Å². The normalized spacial score (nSPS) is 10.2. The largest absolute Gasteiger partial charge is 0.488 e. The summed E-state index contributed by atoms with van der Waals surface area (Å²) in [6.45, 7) is 0.428. The average molecular weight is 334 g/mol. The van der Waals surface area contributed by atoms with Crippen molar-refractivity contribution in [2.75, 3.05) is 14.1 Å². The van der Waals surface area contributed by atoms with Crippen LogP contribution in [0.1, 0.15) is 15.9 Å². The van der Waals surface area contributed by atoms with Gasteiger partial charge in [-0.3, -0.25) is 4.79 Å². The lowest BCUT2D eigenvalue weighted by Gasteiger charge is -2.12. The molecule has 3 nitrogen and oxygen atoms in total. The van der Waals surface area contributed by atoms with Gasteiger partial charge in [0.25, 0.3) is 5.91 Å². The average Bonchev–Trinajstić information content (AvgIpc) is 2.46. The second kappa shape index (κ2) is 6.57. The predicted molar refractivity (Wildman–Crippen MR) is 82.9 cm³/mol. The first-order chi connectivity index (χ1) is 9.58. The fourth-order valence-electron chi connectivity index (χ4n) is 1.78. The molecular formula is C16H16BrNO2. The van der Waals surface area contributed by atoms with E-state index in [9.17, 15) is 4.79 Å². The molecule has 20 heavy (non-hydrogen) atoms. The first-order valence-corrected chi connectivity index (χ1v) is 7.05. The maximum atomic E-state index is 11.9. The van der Waals surface area contributed by atoms with Gasteiger partial charge in [0.1, 0.15) is 12.4 Å². The number of nitrogens with zero attached hydrogens (tertiary/aromatic N) is 1. The number of amides is 1. The summed E-state index contributed by atoms with van der Waals surface area (Å²) in [6.07, 6.45) is 0. The molecule has 0 N–H and O–H groups in total. The number of para-hydroxylation sites is 1. The van der Waals surface area contributed by atoms with E-state index >= 15 is 0 Å². The summed E-state index contributed by atoms with van der Waals surface area (Å²) in [5.41, 5.74) is 1.64. The molecule has 0 fully saturated rings. The van der Waals surface area contributed by atoms with Crippen LogP contribution in [0.2, 0.25) is 0 Å².